The lowest BCUT2D eigenvalue weighted by molar-refractivity contribution is -0.190. The Morgan fingerprint density at radius 1 is 0.962 bits per heavy atom. The zero-order chi connectivity index (χ0) is 18.6. The fourth-order valence-corrected chi connectivity index (χ4v) is 3.26. The summed E-state index contributed by atoms with van der Waals surface area (Å²) < 4.78 is 40.8. The lowest BCUT2D eigenvalue weighted by atomic mass is 9.92. The average molecular weight is 359 g/mol. The highest BCUT2D eigenvalue weighted by molar-refractivity contribution is 6.00. The van der Waals surface area contributed by atoms with Gasteiger partial charge in [-0.2, -0.15) is 13.2 Å². The maximum atomic E-state index is 13.6. The quantitative estimate of drug-likeness (QED) is 0.746. The Balaban J connectivity index is 1.78. The molecular weight excluding hydrogens is 339 g/mol. The highest BCUT2D eigenvalue weighted by Gasteiger charge is 2.50. The molecule has 1 unspecified atom stereocenters. The van der Waals surface area contributed by atoms with Gasteiger partial charge in [0.2, 0.25) is 0 Å². The number of piperidine rings is 1. The maximum Gasteiger partial charge on any atom is 0.411 e. The van der Waals surface area contributed by atoms with E-state index in [1.54, 1.807) is 30.3 Å². The van der Waals surface area contributed by atoms with Gasteiger partial charge in [0.05, 0.1) is 0 Å². The van der Waals surface area contributed by atoms with Crippen molar-refractivity contribution in [3.05, 3.63) is 83.4 Å². The molecule has 26 heavy (non-hydrogen) atoms. The minimum atomic E-state index is -4.59. The monoisotopic (exact) mass is 359 g/mol. The number of benzene rings is 2. The van der Waals surface area contributed by atoms with Crippen LogP contribution in [0.3, 0.4) is 0 Å². The molecule has 1 fully saturated rings. The number of rotatable bonds is 4. The number of alkyl halides is 3. The number of allylic oxidation sites excluding steroid dienone is 1. The van der Waals surface area contributed by atoms with Gasteiger partial charge in [0.25, 0.3) is 0 Å². The normalized spacial score (nSPS) is 20.5. The molecule has 1 saturated heterocycles. The summed E-state index contributed by atoms with van der Waals surface area (Å²) in [4.78, 5) is 13.8. The standard InChI is InChI=1S/C21H20F3NO/c22-21(23,24)20-19(26)18(12-11-16-7-3-1-4-8-16)13-14-25(20)15-17-9-5-2-6-10-17/h1-10,12,20H,11,13-15H2/b18-12+. The van der Waals surface area contributed by atoms with Crippen LogP contribution in [0.25, 0.3) is 0 Å². The lowest BCUT2D eigenvalue weighted by Crippen LogP contribution is -2.54. The fraction of sp³-hybridized carbons (Fsp3) is 0.286. The first kappa shape index (κ1) is 18.4. The SMILES string of the molecule is O=C1/C(=C/Cc2ccccc2)CCN(Cc2ccccc2)C1C(F)(F)F. The number of nitrogens with zero attached hydrogens (tertiary/aromatic N) is 1. The summed E-state index contributed by atoms with van der Waals surface area (Å²) in [5.41, 5.74) is 2.02. The molecule has 1 aliphatic rings. The second-order valence-corrected chi connectivity index (χ2v) is 6.43. The number of carbonyl (C=O) groups excluding carboxylic acids is 1. The van der Waals surface area contributed by atoms with Gasteiger partial charge in [-0.3, -0.25) is 9.69 Å². The smallest absolute Gasteiger partial charge is 0.292 e. The minimum Gasteiger partial charge on any atom is -0.292 e. The molecule has 0 amide bonds. The number of likely N-dealkylation sites (tertiary alicyclic amines) is 1. The number of Topliss-reactive ketones (excluding diaryl/α,β-unsaturated/α-hetero) is 1. The molecule has 1 heterocycles. The third kappa shape index (κ3) is 4.41. The molecule has 2 nitrogen and oxygen atoms in total. The van der Waals surface area contributed by atoms with Crippen LogP contribution in [0.4, 0.5) is 13.2 Å². The van der Waals surface area contributed by atoms with Crippen LogP contribution in [0, 0.1) is 0 Å². The van der Waals surface area contributed by atoms with E-state index in [1.807, 2.05) is 36.4 Å². The lowest BCUT2D eigenvalue weighted by Gasteiger charge is -2.36. The molecule has 0 radical (unpaired) electrons. The highest BCUT2D eigenvalue weighted by Crippen LogP contribution is 2.33. The van der Waals surface area contributed by atoms with Crippen molar-refractivity contribution in [2.75, 3.05) is 6.54 Å². The van der Waals surface area contributed by atoms with Gasteiger partial charge in [-0.1, -0.05) is 66.7 Å². The summed E-state index contributed by atoms with van der Waals surface area (Å²) in [7, 11) is 0. The molecule has 2 aromatic rings. The molecule has 0 aliphatic carbocycles. The molecule has 1 atom stereocenters. The minimum absolute atomic E-state index is 0.114. The Labute approximate surface area is 150 Å². The van der Waals surface area contributed by atoms with E-state index in [0.29, 0.717) is 12.8 Å². The van der Waals surface area contributed by atoms with Crippen molar-refractivity contribution < 1.29 is 18.0 Å². The van der Waals surface area contributed by atoms with E-state index in [9.17, 15) is 18.0 Å². The summed E-state index contributed by atoms with van der Waals surface area (Å²) >= 11 is 0. The molecule has 0 N–H and O–H groups in total. The largest absolute Gasteiger partial charge is 0.411 e. The van der Waals surface area contributed by atoms with E-state index in [-0.39, 0.29) is 18.7 Å². The van der Waals surface area contributed by atoms with Crippen molar-refractivity contribution in [1.29, 1.82) is 0 Å². The number of hydrogen-bond donors (Lipinski definition) is 0. The topological polar surface area (TPSA) is 20.3 Å². The summed E-state index contributed by atoms with van der Waals surface area (Å²) in [5.74, 6) is -0.824. The van der Waals surface area contributed by atoms with Crippen LogP contribution in [0.15, 0.2) is 72.3 Å². The van der Waals surface area contributed by atoms with E-state index in [4.69, 9.17) is 0 Å². The van der Waals surface area contributed by atoms with Crippen molar-refractivity contribution >= 4 is 5.78 Å². The molecule has 5 heteroatoms. The first-order valence-electron chi connectivity index (χ1n) is 8.57. The third-order valence-corrected chi connectivity index (χ3v) is 4.56. The number of hydrogen-bond acceptors (Lipinski definition) is 2. The molecule has 0 aromatic heterocycles. The highest BCUT2D eigenvalue weighted by atomic mass is 19.4. The van der Waals surface area contributed by atoms with Gasteiger partial charge in [-0.25, -0.2) is 0 Å². The predicted molar refractivity (Wildman–Crippen MR) is 94.5 cm³/mol. The van der Waals surface area contributed by atoms with E-state index in [2.05, 4.69) is 0 Å². The Morgan fingerprint density at radius 3 is 2.12 bits per heavy atom. The van der Waals surface area contributed by atoms with Gasteiger partial charge in [0, 0.05) is 13.1 Å². The van der Waals surface area contributed by atoms with Crippen molar-refractivity contribution in [2.24, 2.45) is 0 Å². The molecular formula is C21H20F3NO. The van der Waals surface area contributed by atoms with Gasteiger partial charge in [0.15, 0.2) is 11.8 Å². The maximum absolute atomic E-state index is 13.6. The van der Waals surface area contributed by atoms with E-state index in [0.717, 1.165) is 11.1 Å². The van der Waals surface area contributed by atoms with Gasteiger partial charge < -0.3 is 0 Å². The van der Waals surface area contributed by atoms with Crippen molar-refractivity contribution in [2.45, 2.75) is 31.6 Å². The molecule has 0 spiro atoms. The molecule has 0 saturated carbocycles. The summed E-state index contributed by atoms with van der Waals surface area (Å²) in [5, 5.41) is 0. The van der Waals surface area contributed by atoms with Crippen LogP contribution in [0.5, 0.6) is 0 Å². The molecule has 2 aromatic carbocycles. The molecule has 1 aliphatic heterocycles. The third-order valence-electron chi connectivity index (χ3n) is 4.56. The van der Waals surface area contributed by atoms with Crippen LogP contribution in [0.2, 0.25) is 0 Å². The van der Waals surface area contributed by atoms with Crippen LogP contribution >= 0.6 is 0 Å². The Bertz CT molecular complexity index is 769. The zero-order valence-corrected chi connectivity index (χ0v) is 14.2. The van der Waals surface area contributed by atoms with Crippen LogP contribution in [-0.4, -0.2) is 29.4 Å². The molecule has 3 rings (SSSR count). The molecule has 136 valence electrons. The Morgan fingerprint density at radius 2 is 1.54 bits per heavy atom. The van der Waals surface area contributed by atoms with E-state index < -0.39 is 18.0 Å². The Kier molecular flexibility index (Phi) is 5.57. The zero-order valence-electron chi connectivity index (χ0n) is 14.2. The average Bonchev–Trinajstić information content (AvgIpc) is 2.62. The van der Waals surface area contributed by atoms with Gasteiger partial charge in [-0.05, 0) is 29.5 Å². The van der Waals surface area contributed by atoms with Crippen LogP contribution in [-0.2, 0) is 17.8 Å². The van der Waals surface area contributed by atoms with Gasteiger partial charge in [0.1, 0.15) is 0 Å². The first-order valence-corrected chi connectivity index (χ1v) is 8.57. The number of halogens is 3. The predicted octanol–water partition coefficient (Wildman–Crippen LogP) is 4.56. The summed E-state index contributed by atoms with van der Waals surface area (Å²) in [6.45, 7) is 0.328. The first-order chi connectivity index (χ1) is 12.4. The molecule has 0 bridgehead atoms. The second-order valence-electron chi connectivity index (χ2n) is 6.43. The van der Waals surface area contributed by atoms with Gasteiger partial charge >= 0.3 is 6.18 Å². The van der Waals surface area contributed by atoms with Crippen molar-refractivity contribution in [1.82, 2.24) is 4.90 Å². The summed E-state index contributed by atoms with van der Waals surface area (Å²) in [6, 6.07) is 16.3. The van der Waals surface area contributed by atoms with Crippen LogP contribution < -0.4 is 0 Å². The van der Waals surface area contributed by atoms with E-state index >= 15 is 0 Å². The van der Waals surface area contributed by atoms with Crippen molar-refractivity contribution in [3.63, 3.8) is 0 Å². The number of ketones is 1. The fourth-order valence-electron chi connectivity index (χ4n) is 3.26. The Hall–Kier alpha value is -2.40. The second kappa shape index (κ2) is 7.87. The van der Waals surface area contributed by atoms with E-state index in [1.165, 1.54) is 4.90 Å². The van der Waals surface area contributed by atoms with Gasteiger partial charge in [-0.15, -0.1) is 0 Å². The van der Waals surface area contributed by atoms with Crippen LogP contribution in [0.1, 0.15) is 17.5 Å². The van der Waals surface area contributed by atoms with Crippen molar-refractivity contribution in [3.8, 4) is 0 Å². The summed E-state index contributed by atoms with van der Waals surface area (Å²) in [6.07, 6.45) is -2.13. The number of carbonyl (C=O) groups is 1.